The molecule has 192 valence electrons. The van der Waals surface area contributed by atoms with Gasteiger partial charge in [0.1, 0.15) is 5.82 Å². The van der Waals surface area contributed by atoms with Crippen LogP contribution in [0.2, 0.25) is 0 Å². The molecule has 36 heavy (non-hydrogen) atoms. The Balaban J connectivity index is 1.44. The number of hydrogen-bond donors (Lipinski definition) is 1. The molecule has 7 nitrogen and oxygen atoms in total. The fraction of sp³-hybridized carbons (Fsp3) is 0.552. The van der Waals surface area contributed by atoms with Crippen LogP contribution >= 0.6 is 0 Å². The van der Waals surface area contributed by atoms with Crippen molar-refractivity contribution in [1.29, 1.82) is 0 Å². The molecule has 1 aromatic carbocycles. The van der Waals surface area contributed by atoms with E-state index in [1.165, 1.54) is 44.9 Å². The number of carbonyl (C=O) groups is 1. The number of benzene rings is 1. The second kappa shape index (κ2) is 11.4. The van der Waals surface area contributed by atoms with Gasteiger partial charge in [-0.3, -0.25) is 13.9 Å². The summed E-state index contributed by atoms with van der Waals surface area (Å²) in [7, 11) is 0. The standard InChI is InChI=1S/C29H39N5O2/c1-2-33-25-14-8-9-15-26(25)34(29(33)36)24-17-19-32(20-22-12-6-4-3-5-7-13-22)21-23(24)28(35)31-27-16-10-11-18-30-27/h8-11,14-16,18,22-24H,2-7,12-13,17,19-21H2,1H3,(H,30,31,35)/t23-,24-/m0/s1. The van der Waals surface area contributed by atoms with Crippen molar-refractivity contribution in [1.82, 2.24) is 19.0 Å². The quantitative estimate of drug-likeness (QED) is 0.524. The number of imidazole rings is 1. The van der Waals surface area contributed by atoms with Crippen molar-refractivity contribution in [3.8, 4) is 0 Å². The van der Waals surface area contributed by atoms with Crippen LogP contribution in [-0.4, -0.2) is 44.6 Å². The van der Waals surface area contributed by atoms with Crippen LogP contribution in [-0.2, 0) is 11.3 Å². The lowest BCUT2D eigenvalue weighted by atomic mass is 9.87. The zero-order chi connectivity index (χ0) is 24.9. The van der Waals surface area contributed by atoms with Gasteiger partial charge >= 0.3 is 5.69 Å². The summed E-state index contributed by atoms with van der Waals surface area (Å²) in [6, 6.07) is 13.3. The third-order valence-electron chi connectivity index (χ3n) is 8.17. The predicted octanol–water partition coefficient (Wildman–Crippen LogP) is 5.08. The zero-order valence-electron chi connectivity index (χ0n) is 21.4. The number of aryl methyl sites for hydroxylation is 1. The van der Waals surface area contributed by atoms with Crippen molar-refractivity contribution in [3.63, 3.8) is 0 Å². The summed E-state index contributed by atoms with van der Waals surface area (Å²) < 4.78 is 3.72. The molecule has 0 bridgehead atoms. The number of fused-ring (bicyclic) bond motifs is 1. The Morgan fingerprint density at radius 1 is 0.972 bits per heavy atom. The lowest BCUT2D eigenvalue weighted by Gasteiger charge is -2.39. The Hall–Kier alpha value is -2.93. The molecular weight excluding hydrogens is 450 g/mol. The topological polar surface area (TPSA) is 72.2 Å². The first-order valence-electron chi connectivity index (χ1n) is 13.8. The molecule has 0 spiro atoms. The van der Waals surface area contributed by atoms with Crippen molar-refractivity contribution < 1.29 is 4.79 Å². The van der Waals surface area contributed by atoms with Gasteiger partial charge in [0.05, 0.1) is 23.0 Å². The molecule has 0 radical (unpaired) electrons. The Labute approximate surface area is 213 Å². The summed E-state index contributed by atoms with van der Waals surface area (Å²) in [5.74, 6) is 0.872. The van der Waals surface area contributed by atoms with Gasteiger partial charge in [-0.05, 0) is 56.4 Å². The third kappa shape index (κ3) is 5.26. The van der Waals surface area contributed by atoms with E-state index in [0.29, 0.717) is 24.8 Å². The summed E-state index contributed by atoms with van der Waals surface area (Å²) in [6.45, 7) is 5.23. The van der Waals surface area contributed by atoms with Crippen LogP contribution in [0, 0.1) is 11.8 Å². The van der Waals surface area contributed by atoms with Crippen molar-refractivity contribution in [3.05, 3.63) is 59.1 Å². The molecule has 1 amide bonds. The highest BCUT2D eigenvalue weighted by Gasteiger charge is 2.38. The second-order valence-electron chi connectivity index (χ2n) is 10.5. The molecule has 3 aromatic rings. The molecule has 7 heteroatoms. The first-order valence-corrected chi connectivity index (χ1v) is 13.8. The van der Waals surface area contributed by atoms with Gasteiger partial charge in [0, 0.05) is 32.4 Å². The largest absolute Gasteiger partial charge is 0.329 e. The molecule has 5 rings (SSSR count). The number of pyridine rings is 1. The fourth-order valence-electron chi connectivity index (χ4n) is 6.34. The van der Waals surface area contributed by atoms with Gasteiger partial charge in [-0.15, -0.1) is 0 Å². The van der Waals surface area contributed by atoms with E-state index in [1.807, 2.05) is 58.5 Å². The van der Waals surface area contributed by atoms with Gasteiger partial charge in [-0.25, -0.2) is 9.78 Å². The lowest BCUT2D eigenvalue weighted by Crippen LogP contribution is -2.49. The van der Waals surface area contributed by atoms with E-state index in [2.05, 4.69) is 15.2 Å². The van der Waals surface area contributed by atoms with Crippen LogP contribution < -0.4 is 11.0 Å². The van der Waals surface area contributed by atoms with Crippen LogP contribution in [0.4, 0.5) is 5.82 Å². The van der Waals surface area contributed by atoms with Crippen LogP contribution in [0.15, 0.2) is 53.5 Å². The van der Waals surface area contributed by atoms with E-state index < -0.39 is 0 Å². The average molecular weight is 490 g/mol. The average Bonchev–Trinajstić information content (AvgIpc) is 3.17. The Kier molecular flexibility index (Phi) is 7.85. The zero-order valence-corrected chi connectivity index (χ0v) is 21.4. The molecule has 3 heterocycles. The molecular formula is C29H39N5O2. The summed E-state index contributed by atoms with van der Waals surface area (Å²) in [6.07, 6.45) is 11.7. The molecule has 2 atom stereocenters. The van der Waals surface area contributed by atoms with Gasteiger partial charge in [0.15, 0.2) is 0 Å². The first-order chi connectivity index (χ1) is 17.7. The van der Waals surface area contributed by atoms with E-state index in [1.54, 1.807) is 6.20 Å². The first kappa shape index (κ1) is 24.8. The maximum Gasteiger partial charge on any atom is 0.329 e. The number of hydrogen-bond acceptors (Lipinski definition) is 4. The number of likely N-dealkylation sites (tertiary alicyclic amines) is 1. The Morgan fingerprint density at radius 3 is 2.42 bits per heavy atom. The molecule has 2 fully saturated rings. The minimum absolute atomic E-state index is 0.0206. The smallest absolute Gasteiger partial charge is 0.310 e. The highest BCUT2D eigenvalue weighted by Crippen LogP contribution is 2.33. The number of amides is 1. The molecule has 0 unspecified atom stereocenters. The lowest BCUT2D eigenvalue weighted by molar-refractivity contribution is -0.123. The highest BCUT2D eigenvalue weighted by molar-refractivity contribution is 5.92. The van der Waals surface area contributed by atoms with E-state index in [0.717, 1.165) is 30.5 Å². The van der Waals surface area contributed by atoms with E-state index in [-0.39, 0.29) is 23.6 Å². The number of anilines is 1. The normalized spacial score (nSPS) is 22.2. The number of aromatic nitrogens is 3. The maximum absolute atomic E-state index is 13.7. The number of nitrogens with zero attached hydrogens (tertiary/aromatic N) is 4. The fourth-order valence-corrected chi connectivity index (χ4v) is 6.34. The van der Waals surface area contributed by atoms with Crippen LogP contribution in [0.5, 0.6) is 0 Å². The summed E-state index contributed by atoms with van der Waals surface area (Å²) in [4.78, 5) is 34.1. The van der Waals surface area contributed by atoms with Crippen molar-refractivity contribution in [2.75, 3.05) is 25.0 Å². The molecule has 1 aliphatic heterocycles. The number of para-hydroxylation sites is 2. The van der Waals surface area contributed by atoms with Crippen LogP contribution in [0.3, 0.4) is 0 Å². The number of carbonyl (C=O) groups excluding carboxylic acids is 1. The number of piperidine rings is 1. The summed E-state index contributed by atoms with van der Waals surface area (Å²) in [5, 5.41) is 3.04. The van der Waals surface area contributed by atoms with Gasteiger partial charge in [0.25, 0.3) is 0 Å². The van der Waals surface area contributed by atoms with E-state index in [4.69, 9.17) is 0 Å². The van der Waals surface area contributed by atoms with Gasteiger partial charge in [-0.2, -0.15) is 0 Å². The molecule has 2 aliphatic rings. The van der Waals surface area contributed by atoms with E-state index >= 15 is 0 Å². The monoisotopic (exact) mass is 489 g/mol. The molecule has 1 saturated carbocycles. The van der Waals surface area contributed by atoms with Crippen molar-refractivity contribution in [2.45, 2.75) is 70.9 Å². The van der Waals surface area contributed by atoms with E-state index in [9.17, 15) is 9.59 Å². The van der Waals surface area contributed by atoms with Crippen LogP contribution in [0.1, 0.15) is 64.3 Å². The van der Waals surface area contributed by atoms with Crippen molar-refractivity contribution in [2.24, 2.45) is 11.8 Å². The van der Waals surface area contributed by atoms with Crippen molar-refractivity contribution >= 4 is 22.8 Å². The number of nitrogens with one attached hydrogen (secondary N) is 1. The summed E-state index contributed by atoms with van der Waals surface area (Å²) in [5.41, 5.74) is 1.83. The molecule has 1 saturated heterocycles. The van der Waals surface area contributed by atoms with Gasteiger partial charge in [0.2, 0.25) is 5.91 Å². The summed E-state index contributed by atoms with van der Waals surface area (Å²) >= 11 is 0. The Morgan fingerprint density at radius 2 is 1.69 bits per heavy atom. The molecule has 1 N–H and O–H groups in total. The second-order valence-corrected chi connectivity index (χ2v) is 10.5. The third-order valence-corrected chi connectivity index (χ3v) is 8.17. The predicted molar refractivity (Wildman–Crippen MR) is 144 cm³/mol. The SMILES string of the molecule is CCn1c(=O)n([C@H]2CCN(CC3CCCCCCC3)C[C@@H]2C(=O)Nc2ccccn2)c2ccccc21. The van der Waals surface area contributed by atoms with Crippen LogP contribution in [0.25, 0.3) is 11.0 Å². The molecule has 2 aromatic heterocycles. The minimum Gasteiger partial charge on any atom is -0.310 e. The van der Waals surface area contributed by atoms with Gasteiger partial charge in [-0.1, -0.05) is 50.3 Å². The molecule has 1 aliphatic carbocycles. The van der Waals surface area contributed by atoms with Gasteiger partial charge < -0.3 is 10.2 Å². The highest BCUT2D eigenvalue weighted by atomic mass is 16.2. The Bertz CT molecular complexity index is 1210. The minimum atomic E-state index is -0.330. The maximum atomic E-state index is 13.7. The number of rotatable bonds is 6.